The van der Waals surface area contributed by atoms with Crippen molar-refractivity contribution in [3.63, 3.8) is 0 Å². The van der Waals surface area contributed by atoms with E-state index in [4.69, 9.17) is 9.52 Å². The Morgan fingerprint density at radius 2 is 1.82 bits per heavy atom. The van der Waals surface area contributed by atoms with E-state index in [1.54, 1.807) is 0 Å². The van der Waals surface area contributed by atoms with Gasteiger partial charge in [0, 0.05) is 16.4 Å². The molecule has 22 heavy (non-hydrogen) atoms. The lowest BCUT2D eigenvalue weighted by molar-refractivity contribution is 0.0659. The predicted molar refractivity (Wildman–Crippen MR) is 85.2 cm³/mol. The van der Waals surface area contributed by atoms with E-state index in [0.29, 0.717) is 6.54 Å². The summed E-state index contributed by atoms with van der Waals surface area (Å²) in [7, 11) is 0. The van der Waals surface area contributed by atoms with Crippen molar-refractivity contribution in [3.8, 4) is 0 Å². The molecule has 0 radical (unpaired) electrons. The zero-order valence-electron chi connectivity index (χ0n) is 12.2. The number of carboxylic acids is 1. The predicted octanol–water partition coefficient (Wildman–Crippen LogP) is 3.45. The molecule has 0 aliphatic carbocycles. The fourth-order valence-electron chi connectivity index (χ4n) is 2.07. The van der Waals surface area contributed by atoms with Crippen LogP contribution in [0.2, 0.25) is 0 Å². The molecule has 1 aromatic heterocycles. The number of amides is 1. The molecule has 2 N–H and O–H groups in total. The van der Waals surface area contributed by atoms with Crippen LogP contribution in [0.5, 0.6) is 0 Å². The summed E-state index contributed by atoms with van der Waals surface area (Å²) in [5.74, 6) is -1.91. The Balaban J connectivity index is 2.06. The second-order valence-corrected chi connectivity index (χ2v) is 6.37. The number of furan rings is 1. The Labute approximate surface area is 136 Å². The lowest BCUT2D eigenvalue weighted by Gasteiger charge is -2.26. The number of rotatable bonds is 5. The molecule has 2 aromatic rings. The summed E-state index contributed by atoms with van der Waals surface area (Å²) >= 11 is 3.51. The molecule has 5 nitrogen and oxygen atoms in total. The molecule has 0 spiro atoms. The van der Waals surface area contributed by atoms with Gasteiger partial charge in [-0.2, -0.15) is 0 Å². The summed E-state index contributed by atoms with van der Waals surface area (Å²) in [6, 6.07) is 10.4. The van der Waals surface area contributed by atoms with Crippen LogP contribution in [0.15, 0.2) is 45.3 Å². The quantitative estimate of drug-likeness (QED) is 0.850. The van der Waals surface area contributed by atoms with Crippen molar-refractivity contribution in [2.24, 2.45) is 0 Å². The molecule has 1 aromatic carbocycles. The van der Waals surface area contributed by atoms with Gasteiger partial charge in [0.15, 0.2) is 5.76 Å². The third-order valence-electron chi connectivity index (χ3n) is 3.33. The van der Waals surface area contributed by atoms with Gasteiger partial charge in [-0.15, -0.1) is 0 Å². The van der Waals surface area contributed by atoms with E-state index in [2.05, 4.69) is 21.2 Å². The second kappa shape index (κ2) is 6.36. The lowest BCUT2D eigenvalue weighted by Crippen LogP contribution is -2.36. The highest BCUT2D eigenvalue weighted by atomic mass is 79.9. The first-order chi connectivity index (χ1) is 10.3. The summed E-state index contributed by atoms with van der Waals surface area (Å²) in [6.45, 7) is 4.41. The highest BCUT2D eigenvalue weighted by molar-refractivity contribution is 9.10. The topological polar surface area (TPSA) is 79.5 Å². The van der Waals surface area contributed by atoms with Gasteiger partial charge in [0.2, 0.25) is 5.76 Å². The molecule has 2 rings (SSSR count). The van der Waals surface area contributed by atoms with E-state index < -0.39 is 11.9 Å². The maximum absolute atomic E-state index is 12.0. The molecule has 0 saturated carbocycles. The van der Waals surface area contributed by atoms with Gasteiger partial charge in [-0.05, 0) is 23.8 Å². The molecule has 1 heterocycles. The van der Waals surface area contributed by atoms with Crippen LogP contribution in [-0.4, -0.2) is 23.5 Å². The van der Waals surface area contributed by atoms with E-state index in [-0.39, 0.29) is 16.9 Å². The minimum absolute atomic E-state index is 0.0136. The molecule has 0 aliphatic heterocycles. The van der Waals surface area contributed by atoms with Crippen LogP contribution >= 0.6 is 15.9 Å². The molecule has 0 bridgehead atoms. The van der Waals surface area contributed by atoms with E-state index in [1.165, 1.54) is 12.1 Å². The maximum Gasteiger partial charge on any atom is 0.371 e. The smallest absolute Gasteiger partial charge is 0.371 e. The van der Waals surface area contributed by atoms with Crippen molar-refractivity contribution >= 4 is 27.8 Å². The zero-order chi connectivity index (χ0) is 16.3. The van der Waals surface area contributed by atoms with Crippen LogP contribution < -0.4 is 5.32 Å². The Hall–Kier alpha value is -2.08. The highest BCUT2D eigenvalue weighted by Gasteiger charge is 2.24. The molecule has 0 atom stereocenters. The van der Waals surface area contributed by atoms with E-state index in [9.17, 15) is 9.59 Å². The monoisotopic (exact) mass is 365 g/mol. The van der Waals surface area contributed by atoms with Gasteiger partial charge in [0.1, 0.15) is 0 Å². The molecule has 6 heteroatoms. The summed E-state index contributed by atoms with van der Waals surface area (Å²) in [5, 5.41) is 11.6. The largest absolute Gasteiger partial charge is 0.475 e. The Bertz CT molecular complexity index is 706. The van der Waals surface area contributed by atoms with Crippen molar-refractivity contribution in [1.82, 2.24) is 5.32 Å². The number of hydrogen-bond acceptors (Lipinski definition) is 3. The minimum Gasteiger partial charge on any atom is -0.475 e. The van der Waals surface area contributed by atoms with E-state index in [0.717, 1.165) is 10.0 Å². The number of carboxylic acid groups (broad SMARTS) is 1. The average Bonchev–Trinajstić information content (AvgIpc) is 2.95. The van der Waals surface area contributed by atoms with Crippen LogP contribution in [0.1, 0.15) is 40.5 Å². The van der Waals surface area contributed by atoms with Crippen molar-refractivity contribution in [2.75, 3.05) is 6.54 Å². The average molecular weight is 366 g/mol. The summed E-state index contributed by atoms with van der Waals surface area (Å²) in [5.41, 5.74) is 0.777. The molecule has 0 aliphatic rings. The van der Waals surface area contributed by atoms with Crippen molar-refractivity contribution in [3.05, 3.63) is 58.0 Å². The number of aromatic carboxylic acids is 1. The molecular formula is C16H16BrNO4. The lowest BCUT2D eigenvalue weighted by atomic mass is 9.84. The molecule has 0 unspecified atom stereocenters. The second-order valence-electron chi connectivity index (χ2n) is 5.52. The first-order valence-electron chi connectivity index (χ1n) is 6.67. The fourth-order valence-corrected chi connectivity index (χ4v) is 2.89. The Morgan fingerprint density at radius 3 is 2.41 bits per heavy atom. The number of carbonyl (C=O) groups excluding carboxylic acids is 1. The zero-order valence-corrected chi connectivity index (χ0v) is 13.8. The summed E-state index contributed by atoms with van der Waals surface area (Å²) < 4.78 is 5.95. The fraction of sp³-hybridized carbons (Fsp3) is 0.250. The standard InChI is InChI=1S/C16H16BrNO4/c1-16(2,10-5-3-4-6-11(10)17)9-18-14(19)12-7-8-13(22-12)15(20)21/h3-8H,9H2,1-2H3,(H,18,19)(H,20,21). The molecule has 0 fully saturated rings. The van der Waals surface area contributed by atoms with E-state index in [1.807, 2.05) is 38.1 Å². The number of halogens is 1. The Kier molecular flexibility index (Phi) is 4.71. The van der Waals surface area contributed by atoms with Gasteiger partial charge in [0.05, 0.1) is 0 Å². The van der Waals surface area contributed by atoms with Gasteiger partial charge in [-0.3, -0.25) is 4.79 Å². The molecule has 1 amide bonds. The third-order valence-corrected chi connectivity index (χ3v) is 4.03. The van der Waals surface area contributed by atoms with Crippen molar-refractivity contribution in [1.29, 1.82) is 0 Å². The molecular weight excluding hydrogens is 350 g/mol. The van der Waals surface area contributed by atoms with Crippen molar-refractivity contribution < 1.29 is 19.1 Å². The van der Waals surface area contributed by atoms with E-state index >= 15 is 0 Å². The summed E-state index contributed by atoms with van der Waals surface area (Å²) in [4.78, 5) is 22.8. The third kappa shape index (κ3) is 3.57. The van der Waals surface area contributed by atoms with Gasteiger partial charge in [-0.25, -0.2) is 4.79 Å². The van der Waals surface area contributed by atoms with Gasteiger partial charge < -0.3 is 14.8 Å². The van der Waals surface area contributed by atoms with Crippen molar-refractivity contribution in [2.45, 2.75) is 19.3 Å². The molecule has 0 saturated heterocycles. The number of hydrogen-bond donors (Lipinski definition) is 2. The van der Waals surface area contributed by atoms with Gasteiger partial charge in [-0.1, -0.05) is 48.0 Å². The minimum atomic E-state index is -1.20. The van der Waals surface area contributed by atoms with Crippen LogP contribution in [0.3, 0.4) is 0 Å². The normalized spacial score (nSPS) is 11.2. The Morgan fingerprint density at radius 1 is 1.18 bits per heavy atom. The molecule has 116 valence electrons. The highest BCUT2D eigenvalue weighted by Crippen LogP contribution is 2.29. The maximum atomic E-state index is 12.0. The van der Waals surface area contributed by atoms with Gasteiger partial charge >= 0.3 is 5.97 Å². The van der Waals surface area contributed by atoms with Crippen LogP contribution in [0, 0.1) is 0 Å². The summed E-state index contributed by atoms with van der Waals surface area (Å²) in [6.07, 6.45) is 0. The number of benzene rings is 1. The first kappa shape index (κ1) is 16.3. The number of nitrogens with one attached hydrogen (secondary N) is 1. The van der Waals surface area contributed by atoms with Gasteiger partial charge in [0.25, 0.3) is 5.91 Å². The first-order valence-corrected chi connectivity index (χ1v) is 7.47. The van der Waals surface area contributed by atoms with Crippen LogP contribution in [0.4, 0.5) is 0 Å². The number of carbonyl (C=O) groups is 2. The van der Waals surface area contributed by atoms with Crippen LogP contribution in [0.25, 0.3) is 0 Å². The van der Waals surface area contributed by atoms with Crippen LogP contribution in [-0.2, 0) is 5.41 Å². The SMILES string of the molecule is CC(C)(CNC(=O)c1ccc(C(=O)O)o1)c1ccccc1Br.